The van der Waals surface area contributed by atoms with Crippen molar-refractivity contribution in [2.75, 3.05) is 0 Å². The van der Waals surface area contributed by atoms with Crippen molar-refractivity contribution in [2.45, 2.75) is 32.6 Å². The van der Waals surface area contributed by atoms with Crippen molar-refractivity contribution in [1.29, 1.82) is 0 Å². The van der Waals surface area contributed by atoms with Gasteiger partial charge < -0.3 is 4.79 Å². The Morgan fingerprint density at radius 2 is 1.91 bits per heavy atom. The lowest BCUT2D eigenvalue weighted by atomic mass is 10.00. The molecule has 0 aromatic carbocycles. The lowest BCUT2D eigenvalue weighted by Crippen LogP contribution is -1.98. The summed E-state index contributed by atoms with van der Waals surface area (Å²) in [4.78, 5) is 10.5. The SMILES string of the molecule is C[C@@H]1[C@@H](C=O)[C@@H]1C1CCCC1. The first kappa shape index (κ1) is 7.33. The summed E-state index contributed by atoms with van der Waals surface area (Å²) in [7, 11) is 0. The highest BCUT2D eigenvalue weighted by atomic mass is 16.1. The lowest BCUT2D eigenvalue weighted by Gasteiger charge is -2.05. The van der Waals surface area contributed by atoms with E-state index in [9.17, 15) is 4.79 Å². The van der Waals surface area contributed by atoms with Gasteiger partial charge in [-0.2, -0.15) is 0 Å². The molecule has 0 aromatic heterocycles. The van der Waals surface area contributed by atoms with Gasteiger partial charge in [0.15, 0.2) is 0 Å². The molecule has 3 atom stereocenters. The van der Waals surface area contributed by atoms with E-state index in [1.54, 1.807) is 0 Å². The van der Waals surface area contributed by atoms with Gasteiger partial charge >= 0.3 is 0 Å². The summed E-state index contributed by atoms with van der Waals surface area (Å²) in [6.45, 7) is 2.22. The van der Waals surface area contributed by atoms with Crippen LogP contribution in [0.4, 0.5) is 0 Å². The number of hydrogen-bond acceptors (Lipinski definition) is 1. The molecule has 2 aliphatic rings. The van der Waals surface area contributed by atoms with Crippen molar-refractivity contribution in [1.82, 2.24) is 0 Å². The normalized spacial score (nSPS) is 44.3. The number of carbonyl (C=O) groups is 1. The van der Waals surface area contributed by atoms with Crippen LogP contribution in [0.3, 0.4) is 0 Å². The minimum atomic E-state index is 0.429. The standard InChI is InChI=1S/C10H16O/c1-7-9(6-11)10(7)8-4-2-3-5-8/h6-10H,2-5H2,1H3/t7-,9-,10+/m1/s1. The molecule has 0 amide bonds. The molecule has 0 spiro atoms. The molecule has 0 aliphatic heterocycles. The predicted octanol–water partition coefficient (Wildman–Crippen LogP) is 2.26. The summed E-state index contributed by atoms with van der Waals surface area (Å²) in [6, 6.07) is 0. The molecule has 2 saturated carbocycles. The van der Waals surface area contributed by atoms with E-state index in [1.807, 2.05) is 0 Å². The second kappa shape index (κ2) is 2.62. The number of carbonyl (C=O) groups excluding carboxylic acids is 1. The molecule has 62 valence electrons. The van der Waals surface area contributed by atoms with E-state index in [0.29, 0.717) is 11.8 Å². The highest BCUT2D eigenvalue weighted by molar-refractivity contribution is 5.59. The Labute approximate surface area is 68.2 Å². The van der Waals surface area contributed by atoms with E-state index in [-0.39, 0.29) is 0 Å². The summed E-state index contributed by atoms with van der Waals surface area (Å²) < 4.78 is 0. The third-order valence-corrected chi connectivity index (χ3v) is 3.62. The second-order valence-corrected chi connectivity index (χ2v) is 4.19. The molecule has 0 bridgehead atoms. The molecule has 2 rings (SSSR count). The zero-order valence-electron chi connectivity index (χ0n) is 7.12. The van der Waals surface area contributed by atoms with E-state index < -0.39 is 0 Å². The van der Waals surface area contributed by atoms with Gasteiger partial charge in [0.2, 0.25) is 0 Å². The molecular weight excluding hydrogens is 136 g/mol. The minimum Gasteiger partial charge on any atom is -0.303 e. The van der Waals surface area contributed by atoms with E-state index in [2.05, 4.69) is 6.92 Å². The maximum Gasteiger partial charge on any atom is 0.123 e. The molecule has 0 heterocycles. The third-order valence-electron chi connectivity index (χ3n) is 3.62. The Bertz CT molecular complexity index is 158. The molecule has 0 N–H and O–H groups in total. The average molecular weight is 152 g/mol. The summed E-state index contributed by atoms with van der Waals surface area (Å²) in [5, 5.41) is 0. The zero-order valence-corrected chi connectivity index (χ0v) is 7.12. The van der Waals surface area contributed by atoms with Gasteiger partial charge in [-0.05, 0) is 17.8 Å². The highest BCUT2D eigenvalue weighted by Crippen LogP contribution is 2.53. The molecule has 0 radical (unpaired) electrons. The number of rotatable bonds is 2. The predicted molar refractivity (Wildman–Crippen MR) is 44.2 cm³/mol. The fourth-order valence-corrected chi connectivity index (χ4v) is 2.83. The highest BCUT2D eigenvalue weighted by Gasteiger charge is 2.50. The van der Waals surface area contributed by atoms with Gasteiger partial charge in [0.25, 0.3) is 0 Å². The van der Waals surface area contributed by atoms with Crippen LogP contribution in [0.15, 0.2) is 0 Å². The molecular formula is C10H16O. The van der Waals surface area contributed by atoms with Crippen LogP contribution in [0.1, 0.15) is 32.6 Å². The van der Waals surface area contributed by atoms with E-state index in [1.165, 1.54) is 32.0 Å². The zero-order chi connectivity index (χ0) is 7.84. The topological polar surface area (TPSA) is 17.1 Å². The molecule has 2 aliphatic carbocycles. The first-order chi connectivity index (χ1) is 5.34. The summed E-state index contributed by atoms with van der Waals surface area (Å²) in [5.74, 6) is 2.81. The number of hydrogen-bond donors (Lipinski definition) is 0. The third kappa shape index (κ3) is 1.11. The molecule has 0 saturated heterocycles. The van der Waals surface area contributed by atoms with Crippen molar-refractivity contribution in [3.8, 4) is 0 Å². The number of aldehydes is 1. The molecule has 1 nitrogen and oxygen atoms in total. The van der Waals surface area contributed by atoms with Crippen LogP contribution in [0.2, 0.25) is 0 Å². The van der Waals surface area contributed by atoms with Gasteiger partial charge in [-0.3, -0.25) is 0 Å². The molecule has 11 heavy (non-hydrogen) atoms. The van der Waals surface area contributed by atoms with E-state index in [4.69, 9.17) is 0 Å². The van der Waals surface area contributed by atoms with Crippen LogP contribution < -0.4 is 0 Å². The van der Waals surface area contributed by atoms with Gasteiger partial charge in [0.05, 0.1) is 0 Å². The largest absolute Gasteiger partial charge is 0.303 e. The van der Waals surface area contributed by atoms with Gasteiger partial charge in [-0.25, -0.2) is 0 Å². The van der Waals surface area contributed by atoms with E-state index >= 15 is 0 Å². The van der Waals surface area contributed by atoms with Gasteiger partial charge in [0, 0.05) is 5.92 Å². The summed E-state index contributed by atoms with van der Waals surface area (Å²) in [6.07, 6.45) is 6.76. The fourth-order valence-electron chi connectivity index (χ4n) is 2.83. The van der Waals surface area contributed by atoms with Crippen molar-refractivity contribution < 1.29 is 4.79 Å². The Hall–Kier alpha value is -0.330. The Morgan fingerprint density at radius 1 is 1.27 bits per heavy atom. The lowest BCUT2D eigenvalue weighted by molar-refractivity contribution is -0.109. The van der Waals surface area contributed by atoms with Crippen LogP contribution in [0.25, 0.3) is 0 Å². The molecule has 0 unspecified atom stereocenters. The Kier molecular flexibility index (Phi) is 1.74. The molecule has 2 fully saturated rings. The fraction of sp³-hybridized carbons (Fsp3) is 0.900. The first-order valence-electron chi connectivity index (χ1n) is 4.80. The van der Waals surface area contributed by atoms with Crippen molar-refractivity contribution in [2.24, 2.45) is 23.7 Å². The average Bonchev–Trinajstić information content (AvgIpc) is 2.53. The second-order valence-electron chi connectivity index (χ2n) is 4.19. The van der Waals surface area contributed by atoms with Crippen molar-refractivity contribution >= 4 is 6.29 Å². The van der Waals surface area contributed by atoms with E-state index in [0.717, 1.165) is 11.8 Å². The monoisotopic (exact) mass is 152 g/mol. The first-order valence-corrected chi connectivity index (χ1v) is 4.80. The van der Waals surface area contributed by atoms with Crippen LogP contribution in [-0.2, 0) is 4.79 Å². The molecule has 1 heteroatoms. The van der Waals surface area contributed by atoms with Crippen LogP contribution in [0.5, 0.6) is 0 Å². The molecule has 0 aromatic rings. The summed E-state index contributed by atoms with van der Waals surface area (Å²) in [5.41, 5.74) is 0. The summed E-state index contributed by atoms with van der Waals surface area (Å²) >= 11 is 0. The van der Waals surface area contributed by atoms with Crippen LogP contribution in [-0.4, -0.2) is 6.29 Å². The van der Waals surface area contributed by atoms with Gasteiger partial charge in [0.1, 0.15) is 6.29 Å². The maximum atomic E-state index is 10.5. The minimum absolute atomic E-state index is 0.429. The quantitative estimate of drug-likeness (QED) is 0.555. The smallest absolute Gasteiger partial charge is 0.123 e. The van der Waals surface area contributed by atoms with Crippen LogP contribution >= 0.6 is 0 Å². The van der Waals surface area contributed by atoms with Crippen molar-refractivity contribution in [3.63, 3.8) is 0 Å². The van der Waals surface area contributed by atoms with Gasteiger partial charge in [-0.1, -0.05) is 32.6 Å². The van der Waals surface area contributed by atoms with Gasteiger partial charge in [-0.15, -0.1) is 0 Å². The maximum absolute atomic E-state index is 10.5. The van der Waals surface area contributed by atoms with Crippen molar-refractivity contribution in [3.05, 3.63) is 0 Å². The van der Waals surface area contributed by atoms with Crippen LogP contribution in [0, 0.1) is 23.7 Å². The Balaban J connectivity index is 1.92. The Morgan fingerprint density at radius 3 is 2.36 bits per heavy atom.